The average Bonchev–Trinajstić information content (AvgIpc) is 2.72. The Morgan fingerprint density at radius 1 is 1.18 bits per heavy atom. The molecular formula is C21H19N3O4. The number of carbonyl (C=O) groups is 2. The van der Waals surface area contributed by atoms with E-state index < -0.39 is 12.1 Å². The van der Waals surface area contributed by atoms with E-state index in [4.69, 9.17) is 9.47 Å². The number of nitrogens with zero attached hydrogens (tertiary/aromatic N) is 2. The van der Waals surface area contributed by atoms with Crippen LogP contribution in [0.5, 0.6) is 0 Å². The second-order valence-electron chi connectivity index (χ2n) is 5.80. The normalized spacial score (nSPS) is 10.3. The molecule has 0 aliphatic carbocycles. The molecule has 1 N–H and O–H groups in total. The molecule has 142 valence electrons. The predicted octanol–water partition coefficient (Wildman–Crippen LogP) is 4.20. The zero-order chi connectivity index (χ0) is 19.9. The highest BCUT2D eigenvalue weighted by Gasteiger charge is 2.19. The SMILES string of the molecule is C=Cc1cc2nc(C(=O)OCC)c(NC(=O)OCc3ccccc3)cc2cn1. The van der Waals surface area contributed by atoms with E-state index in [1.165, 1.54) is 0 Å². The highest BCUT2D eigenvalue weighted by molar-refractivity contribution is 6.01. The minimum absolute atomic E-state index is 0.00720. The Kier molecular flexibility index (Phi) is 5.96. The maximum Gasteiger partial charge on any atom is 0.412 e. The van der Waals surface area contributed by atoms with Crippen LogP contribution < -0.4 is 5.32 Å². The molecule has 0 spiro atoms. The first-order chi connectivity index (χ1) is 13.6. The van der Waals surface area contributed by atoms with Crippen LogP contribution in [-0.4, -0.2) is 28.6 Å². The minimum atomic E-state index is -0.703. The van der Waals surface area contributed by atoms with Crippen LogP contribution in [0.3, 0.4) is 0 Å². The quantitative estimate of drug-likeness (QED) is 0.648. The molecule has 0 aliphatic rings. The molecule has 28 heavy (non-hydrogen) atoms. The van der Waals surface area contributed by atoms with Crippen LogP contribution in [0.4, 0.5) is 10.5 Å². The summed E-state index contributed by atoms with van der Waals surface area (Å²) in [5.74, 6) is -0.639. The van der Waals surface area contributed by atoms with Gasteiger partial charge < -0.3 is 9.47 Å². The van der Waals surface area contributed by atoms with Crippen molar-refractivity contribution in [3.63, 3.8) is 0 Å². The molecule has 0 unspecified atom stereocenters. The van der Waals surface area contributed by atoms with Gasteiger partial charge in [-0.1, -0.05) is 36.9 Å². The van der Waals surface area contributed by atoms with E-state index in [1.807, 2.05) is 30.3 Å². The fraction of sp³-hybridized carbons (Fsp3) is 0.143. The molecule has 1 aromatic carbocycles. The number of pyridine rings is 2. The summed E-state index contributed by atoms with van der Waals surface area (Å²) in [5, 5.41) is 3.22. The van der Waals surface area contributed by atoms with Gasteiger partial charge in [0.05, 0.1) is 23.5 Å². The molecule has 3 aromatic rings. The van der Waals surface area contributed by atoms with Crippen LogP contribution in [-0.2, 0) is 16.1 Å². The third-order valence-electron chi connectivity index (χ3n) is 3.85. The summed E-state index contributed by atoms with van der Waals surface area (Å²) in [6.45, 7) is 5.66. The molecule has 0 radical (unpaired) electrons. The third kappa shape index (κ3) is 4.50. The molecule has 2 aromatic heterocycles. The first-order valence-corrected chi connectivity index (χ1v) is 8.68. The van der Waals surface area contributed by atoms with Crippen molar-refractivity contribution in [3.05, 3.63) is 72.2 Å². The highest BCUT2D eigenvalue weighted by atomic mass is 16.5. The van der Waals surface area contributed by atoms with Gasteiger partial charge in [0.2, 0.25) is 0 Å². The van der Waals surface area contributed by atoms with Crippen LogP contribution in [0, 0.1) is 0 Å². The largest absolute Gasteiger partial charge is 0.461 e. The summed E-state index contributed by atoms with van der Waals surface area (Å²) in [4.78, 5) is 33.1. The molecule has 3 rings (SSSR count). The predicted molar refractivity (Wildman–Crippen MR) is 106 cm³/mol. The van der Waals surface area contributed by atoms with Crippen molar-refractivity contribution in [3.8, 4) is 0 Å². The summed E-state index contributed by atoms with van der Waals surface area (Å²) >= 11 is 0. The molecule has 7 heteroatoms. The van der Waals surface area contributed by atoms with Crippen molar-refractivity contribution >= 4 is 34.7 Å². The number of hydrogen-bond donors (Lipinski definition) is 1. The van der Waals surface area contributed by atoms with Gasteiger partial charge in [0.25, 0.3) is 0 Å². The van der Waals surface area contributed by atoms with Crippen molar-refractivity contribution in [2.75, 3.05) is 11.9 Å². The number of amides is 1. The Morgan fingerprint density at radius 2 is 1.96 bits per heavy atom. The maximum absolute atomic E-state index is 12.3. The second kappa shape index (κ2) is 8.77. The van der Waals surface area contributed by atoms with Crippen molar-refractivity contribution in [1.82, 2.24) is 9.97 Å². The topological polar surface area (TPSA) is 90.4 Å². The standard InChI is InChI=1S/C21H19N3O4/c1-3-16-11-17-15(12-22-16)10-18(19(23-17)20(25)27-4-2)24-21(26)28-13-14-8-6-5-7-9-14/h3,5-12H,1,4,13H2,2H3,(H,24,26). The number of fused-ring (bicyclic) bond motifs is 1. The molecule has 0 atom stereocenters. The summed E-state index contributed by atoms with van der Waals surface area (Å²) in [7, 11) is 0. The van der Waals surface area contributed by atoms with Gasteiger partial charge in [-0.05, 0) is 30.7 Å². The molecule has 0 bridgehead atoms. The van der Waals surface area contributed by atoms with Gasteiger partial charge in [0, 0.05) is 11.6 Å². The van der Waals surface area contributed by atoms with E-state index in [0.717, 1.165) is 5.56 Å². The Morgan fingerprint density at radius 3 is 2.68 bits per heavy atom. The van der Waals surface area contributed by atoms with Gasteiger partial charge in [-0.15, -0.1) is 0 Å². The van der Waals surface area contributed by atoms with E-state index >= 15 is 0 Å². The van der Waals surface area contributed by atoms with Gasteiger partial charge in [-0.3, -0.25) is 10.3 Å². The van der Waals surface area contributed by atoms with Crippen molar-refractivity contribution in [2.45, 2.75) is 13.5 Å². The number of aromatic nitrogens is 2. The maximum atomic E-state index is 12.3. The lowest BCUT2D eigenvalue weighted by molar-refractivity contribution is 0.0521. The van der Waals surface area contributed by atoms with E-state index in [9.17, 15) is 9.59 Å². The fourth-order valence-electron chi connectivity index (χ4n) is 2.51. The van der Waals surface area contributed by atoms with Crippen LogP contribution in [0.15, 0.2) is 55.2 Å². The number of ether oxygens (including phenoxy) is 2. The van der Waals surface area contributed by atoms with E-state index in [1.54, 1.807) is 31.3 Å². The van der Waals surface area contributed by atoms with Crippen LogP contribution >= 0.6 is 0 Å². The number of rotatable bonds is 6. The molecule has 0 saturated heterocycles. The zero-order valence-corrected chi connectivity index (χ0v) is 15.3. The monoisotopic (exact) mass is 377 g/mol. The van der Waals surface area contributed by atoms with Gasteiger partial charge in [-0.25, -0.2) is 14.6 Å². The number of esters is 1. The summed E-state index contributed by atoms with van der Waals surface area (Å²) in [6, 6.07) is 12.6. The Balaban J connectivity index is 1.86. The first kappa shape index (κ1) is 19.0. The lowest BCUT2D eigenvalue weighted by Gasteiger charge is -2.12. The second-order valence-corrected chi connectivity index (χ2v) is 5.80. The van der Waals surface area contributed by atoms with Gasteiger partial charge >= 0.3 is 12.1 Å². The smallest absolute Gasteiger partial charge is 0.412 e. The molecule has 2 heterocycles. The summed E-state index contributed by atoms with van der Waals surface area (Å²) in [6.07, 6.45) is 2.47. The Bertz CT molecular complexity index is 1020. The molecular weight excluding hydrogens is 358 g/mol. The number of anilines is 1. The van der Waals surface area contributed by atoms with Crippen molar-refractivity contribution in [2.24, 2.45) is 0 Å². The van der Waals surface area contributed by atoms with Crippen LogP contribution in [0.2, 0.25) is 0 Å². The molecule has 0 fully saturated rings. The summed E-state index contributed by atoms with van der Waals surface area (Å²) in [5.41, 5.74) is 2.19. The Labute approximate surface area is 162 Å². The zero-order valence-electron chi connectivity index (χ0n) is 15.3. The molecule has 7 nitrogen and oxygen atoms in total. The number of carbonyl (C=O) groups excluding carboxylic acids is 2. The van der Waals surface area contributed by atoms with Crippen LogP contribution in [0.1, 0.15) is 28.7 Å². The number of hydrogen-bond acceptors (Lipinski definition) is 6. The van der Waals surface area contributed by atoms with E-state index in [-0.39, 0.29) is 24.6 Å². The molecule has 1 amide bonds. The van der Waals surface area contributed by atoms with E-state index in [0.29, 0.717) is 16.6 Å². The van der Waals surface area contributed by atoms with Crippen molar-refractivity contribution < 1.29 is 19.1 Å². The molecule has 0 saturated carbocycles. The van der Waals surface area contributed by atoms with Gasteiger partial charge in [0.1, 0.15) is 6.61 Å². The highest BCUT2D eigenvalue weighted by Crippen LogP contribution is 2.23. The van der Waals surface area contributed by atoms with Crippen molar-refractivity contribution in [1.29, 1.82) is 0 Å². The molecule has 0 aliphatic heterocycles. The summed E-state index contributed by atoms with van der Waals surface area (Å²) < 4.78 is 10.3. The lowest BCUT2D eigenvalue weighted by atomic mass is 10.2. The van der Waals surface area contributed by atoms with Gasteiger partial charge in [0.15, 0.2) is 5.69 Å². The fourth-order valence-corrected chi connectivity index (χ4v) is 2.51. The van der Waals surface area contributed by atoms with Gasteiger partial charge in [-0.2, -0.15) is 0 Å². The average molecular weight is 377 g/mol. The lowest BCUT2D eigenvalue weighted by Crippen LogP contribution is -2.18. The van der Waals surface area contributed by atoms with Crippen LogP contribution in [0.25, 0.3) is 17.0 Å². The Hall–Kier alpha value is -3.74. The van der Waals surface area contributed by atoms with E-state index in [2.05, 4.69) is 21.9 Å². The first-order valence-electron chi connectivity index (χ1n) is 8.68. The third-order valence-corrected chi connectivity index (χ3v) is 3.85. The number of nitrogens with one attached hydrogen (secondary N) is 1. The number of benzene rings is 1. The minimum Gasteiger partial charge on any atom is -0.461 e.